The van der Waals surface area contributed by atoms with E-state index in [1.165, 1.54) is 16.9 Å². The molecule has 0 spiro atoms. The lowest BCUT2D eigenvalue weighted by atomic mass is 10.1. The zero-order chi connectivity index (χ0) is 20.8. The quantitative estimate of drug-likeness (QED) is 0.578. The Kier molecular flexibility index (Phi) is 6.38. The summed E-state index contributed by atoms with van der Waals surface area (Å²) in [6.45, 7) is 0.463. The van der Waals surface area contributed by atoms with E-state index in [1.807, 2.05) is 18.2 Å². The molecule has 0 unspecified atom stereocenters. The topological polar surface area (TPSA) is 82.4 Å². The molecule has 1 amide bonds. The maximum absolute atomic E-state index is 13.3. The Labute approximate surface area is 167 Å². The lowest BCUT2D eigenvalue weighted by Gasteiger charge is -2.17. The number of hydrogen-bond donors (Lipinski definition) is 0. The number of halogens is 1. The number of tetrazole rings is 1. The van der Waals surface area contributed by atoms with Gasteiger partial charge in [0.05, 0.1) is 14.2 Å². The molecule has 8 nitrogen and oxygen atoms in total. The monoisotopic (exact) mass is 399 g/mol. The van der Waals surface area contributed by atoms with Crippen molar-refractivity contribution >= 4 is 5.91 Å². The standard InChI is InChI=1S/C20H22FN5O3/c1-25(10-9-14-7-8-17(28-2)18(11-14)29-3)19(27)13-26-23-20(22-24-26)15-5-4-6-16(21)12-15/h4-8,11-12H,9-10,13H2,1-3H3. The molecule has 3 aromatic rings. The minimum absolute atomic E-state index is 0.0508. The van der Waals surface area contributed by atoms with Gasteiger partial charge in [-0.15, -0.1) is 10.2 Å². The van der Waals surface area contributed by atoms with Crippen molar-refractivity contribution in [3.05, 3.63) is 53.8 Å². The molecule has 0 fully saturated rings. The fourth-order valence-corrected chi connectivity index (χ4v) is 2.75. The summed E-state index contributed by atoms with van der Waals surface area (Å²) >= 11 is 0. The molecule has 0 bridgehead atoms. The summed E-state index contributed by atoms with van der Waals surface area (Å²) in [5.74, 6) is 1.03. The van der Waals surface area contributed by atoms with E-state index in [4.69, 9.17) is 9.47 Å². The van der Waals surface area contributed by atoms with Gasteiger partial charge in [-0.05, 0) is 41.5 Å². The van der Waals surface area contributed by atoms with E-state index in [1.54, 1.807) is 38.3 Å². The molecule has 0 aliphatic carbocycles. The molecule has 0 atom stereocenters. The van der Waals surface area contributed by atoms with Crippen molar-refractivity contribution in [1.82, 2.24) is 25.1 Å². The molecular formula is C20H22FN5O3. The van der Waals surface area contributed by atoms with Crippen molar-refractivity contribution in [3.8, 4) is 22.9 Å². The minimum atomic E-state index is -0.384. The third-order valence-electron chi connectivity index (χ3n) is 4.42. The molecule has 0 saturated heterocycles. The van der Waals surface area contributed by atoms with Crippen LogP contribution in [-0.2, 0) is 17.8 Å². The molecule has 152 valence electrons. The first kappa shape index (κ1) is 20.2. The van der Waals surface area contributed by atoms with Crippen LogP contribution in [0.15, 0.2) is 42.5 Å². The summed E-state index contributed by atoms with van der Waals surface area (Å²) in [5, 5.41) is 11.9. The van der Waals surface area contributed by atoms with E-state index in [0.717, 1.165) is 5.56 Å². The Morgan fingerprint density at radius 2 is 1.93 bits per heavy atom. The van der Waals surface area contributed by atoms with Crippen LogP contribution in [-0.4, -0.2) is 58.8 Å². The van der Waals surface area contributed by atoms with Gasteiger partial charge in [0.25, 0.3) is 0 Å². The number of carbonyl (C=O) groups is 1. The van der Waals surface area contributed by atoms with Gasteiger partial charge in [0.2, 0.25) is 11.7 Å². The molecule has 0 radical (unpaired) electrons. The van der Waals surface area contributed by atoms with E-state index in [9.17, 15) is 9.18 Å². The molecule has 0 saturated carbocycles. The van der Waals surface area contributed by atoms with Gasteiger partial charge >= 0.3 is 0 Å². The fourth-order valence-electron chi connectivity index (χ4n) is 2.75. The Bertz CT molecular complexity index is 992. The van der Waals surface area contributed by atoms with Gasteiger partial charge in [0.15, 0.2) is 11.5 Å². The first-order valence-corrected chi connectivity index (χ1v) is 8.98. The van der Waals surface area contributed by atoms with Crippen molar-refractivity contribution in [2.45, 2.75) is 13.0 Å². The van der Waals surface area contributed by atoms with Gasteiger partial charge in [-0.1, -0.05) is 18.2 Å². The van der Waals surface area contributed by atoms with Crippen molar-refractivity contribution in [3.63, 3.8) is 0 Å². The van der Waals surface area contributed by atoms with Crippen LogP contribution in [0.1, 0.15) is 5.56 Å². The summed E-state index contributed by atoms with van der Waals surface area (Å²) in [7, 11) is 4.88. The van der Waals surface area contributed by atoms with E-state index < -0.39 is 0 Å². The Hall–Kier alpha value is -3.49. The third kappa shape index (κ3) is 5.07. The number of rotatable bonds is 8. The first-order chi connectivity index (χ1) is 14.0. The van der Waals surface area contributed by atoms with Crippen LogP contribution in [0.2, 0.25) is 0 Å². The number of benzene rings is 2. The first-order valence-electron chi connectivity index (χ1n) is 8.98. The van der Waals surface area contributed by atoms with Crippen LogP contribution >= 0.6 is 0 Å². The highest BCUT2D eigenvalue weighted by atomic mass is 19.1. The number of ether oxygens (including phenoxy) is 2. The maximum Gasteiger partial charge on any atom is 0.245 e. The second-order valence-electron chi connectivity index (χ2n) is 6.41. The lowest BCUT2D eigenvalue weighted by molar-refractivity contribution is -0.130. The SMILES string of the molecule is COc1ccc(CCN(C)C(=O)Cn2nnc(-c3cccc(F)c3)n2)cc1OC. The van der Waals surface area contributed by atoms with Gasteiger partial charge in [0.1, 0.15) is 12.4 Å². The van der Waals surface area contributed by atoms with Crippen LogP contribution in [0.5, 0.6) is 11.5 Å². The molecule has 1 aromatic heterocycles. The second-order valence-corrected chi connectivity index (χ2v) is 6.41. The number of aromatic nitrogens is 4. The van der Waals surface area contributed by atoms with Crippen molar-refractivity contribution in [2.75, 3.05) is 27.8 Å². The molecule has 3 rings (SSSR count). The summed E-state index contributed by atoms with van der Waals surface area (Å²) in [6.07, 6.45) is 0.655. The second kappa shape index (κ2) is 9.13. The van der Waals surface area contributed by atoms with Crippen LogP contribution in [0, 0.1) is 5.82 Å². The smallest absolute Gasteiger partial charge is 0.245 e. The summed E-state index contributed by atoms with van der Waals surface area (Å²) in [5.41, 5.74) is 1.53. The van der Waals surface area contributed by atoms with E-state index in [2.05, 4.69) is 15.4 Å². The Morgan fingerprint density at radius 1 is 1.14 bits per heavy atom. The van der Waals surface area contributed by atoms with E-state index >= 15 is 0 Å². The zero-order valence-electron chi connectivity index (χ0n) is 16.5. The number of hydrogen-bond acceptors (Lipinski definition) is 6. The number of carbonyl (C=O) groups excluding carboxylic acids is 1. The number of methoxy groups -OCH3 is 2. The van der Waals surface area contributed by atoms with Gasteiger partial charge in [-0.3, -0.25) is 4.79 Å². The zero-order valence-corrected chi connectivity index (χ0v) is 16.5. The fraction of sp³-hybridized carbons (Fsp3) is 0.300. The molecular weight excluding hydrogens is 377 g/mol. The third-order valence-corrected chi connectivity index (χ3v) is 4.42. The number of amides is 1. The summed E-state index contributed by atoms with van der Waals surface area (Å²) in [4.78, 5) is 15.3. The average Bonchev–Trinajstić information content (AvgIpc) is 3.20. The molecule has 1 heterocycles. The Balaban J connectivity index is 1.57. The van der Waals surface area contributed by atoms with Crippen molar-refractivity contribution in [1.29, 1.82) is 0 Å². The number of nitrogens with zero attached hydrogens (tertiary/aromatic N) is 5. The highest BCUT2D eigenvalue weighted by Crippen LogP contribution is 2.27. The van der Waals surface area contributed by atoms with E-state index in [0.29, 0.717) is 30.0 Å². The molecule has 9 heteroatoms. The normalized spacial score (nSPS) is 10.6. The lowest BCUT2D eigenvalue weighted by Crippen LogP contribution is -2.32. The minimum Gasteiger partial charge on any atom is -0.493 e. The van der Waals surface area contributed by atoms with Crippen molar-refractivity contribution < 1.29 is 18.7 Å². The van der Waals surface area contributed by atoms with E-state index in [-0.39, 0.29) is 24.1 Å². The molecule has 0 N–H and O–H groups in total. The van der Waals surface area contributed by atoms with Crippen LogP contribution in [0.3, 0.4) is 0 Å². The van der Waals surface area contributed by atoms with Gasteiger partial charge in [-0.2, -0.15) is 4.80 Å². The van der Waals surface area contributed by atoms with Gasteiger partial charge in [-0.25, -0.2) is 4.39 Å². The Morgan fingerprint density at radius 3 is 2.66 bits per heavy atom. The predicted octanol–water partition coefficient (Wildman–Crippen LogP) is 2.20. The summed E-state index contributed by atoms with van der Waals surface area (Å²) in [6, 6.07) is 11.6. The number of likely N-dealkylation sites (N-methyl/N-ethyl adjacent to an activating group) is 1. The molecule has 0 aliphatic rings. The molecule has 2 aromatic carbocycles. The van der Waals surface area contributed by atoms with Crippen LogP contribution in [0.25, 0.3) is 11.4 Å². The highest BCUT2D eigenvalue weighted by Gasteiger charge is 2.14. The highest BCUT2D eigenvalue weighted by molar-refractivity contribution is 5.75. The average molecular weight is 399 g/mol. The van der Waals surface area contributed by atoms with Crippen LogP contribution < -0.4 is 9.47 Å². The largest absolute Gasteiger partial charge is 0.493 e. The van der Waals surface area contributed by atoms with Crippen LogP contribution in [0.4, 0.5) is 4.39 Å². The van der Waals surface area contributed by atoms with Crippen molar-refractivity contribution in [2.24, 2.45) is 0 Å². The van der Waals surface area contributed by atoms with Gasteiger partial charge < -0.3 is 14.4 Å². The van der Waals surface area contributed by atoms with Gasteiger partial charge in [0, 0.05) is 19.2 Å². The summed E-state index contributed by atoms with van der Waals surface area (Å²) < 4.78 is 23.9. The molecule has 0 aliphatic heterocycles. The molecule has 29 heavy (non-hydrogen) atoms. The maximum atomic E-state index is 13.3. The predicted molar refractivity (Wildman–Crippen MR) is 104 cm³/mol.